The van der Waals surface area contributed by atoms with Gasteiger partial charge in [0.25, 0.3) is 0 Å². The molecule has 0 atom stereocenters. The molecule has 3 rings (SSSR count). The summed E-state index contributed by atoms with van der Waals surface area (Å²) >= 11 is 0. The zero-order chi connectivity index (χ0) is 21.3. The molecular formula is C21H23F2NO4S. The molecule has 1 heterocycles. The number of sulfonamides is 1. The number of piperidine rings is 1. The Morgan fingerprint density at radius 3 is 2.24 bits per heavy atom. The third-order valence-corrected chi connectivity index (χ3v) is 7.29. The lowest BCUT2D eigenvalue weighted by Gasteiger charge is -2.30. The number of hydrogen-bond acceptors (Lipinski definition) is 4. The Labute approximate surface area is 169 Å². The molecule has 29 heavy (non-hydrogen) atoms. The molecule has 0 amide bonds. The molecule has 0 unspecified atom stereocenters. The van der Waals surface area contributed by atoms with Crippen LogP contribution in [0.15, 0.2) is 35.2 Å². The Hall–Kier alpha value is -2.32. The van der Waals surface area contributed by atoms with E-state index >= 15 is 0 Å². The maximum absolute atomic E-state index is 13.4. The fourth-order valence-corrected chi connectivity index (χ4v) is 4.87. The fraction of sp³-hybridized carbons (Fsp3) is 0.381. The van der Waals surface area contributed by atoms with Crippen LogP contribution in [0, 0.1) is 38.3 Å². The standard InChI is InChI=1S/C21H23F2NO4S/c1-13-4-5-14(2)20(15(13)3)28-21(25)16-8-10-24(11-9-16)29(26,27)17-6-7-18(22)19(23)12-17/h4-7,12,16H,8-11H2,1-3H3. The number of carbonyl (C=O) groups excluding carboxylic acids is 1. The highest BCUT2D eigenvalue weighted by Gasteiger charge is 2.33. The maximum atomic E-state index is 13.4. The van der Waals surface area contributed by atoms with Gasteiger partial charge in [0.2, 0.25) is 10.0 Å². The summed E-state index contributed by atoms with van der Waals surface area (Å²) in [6.07, 6.45) is 0.595. The molecule has 1 saturated heterocycles. The number of halogens is 2. The molecule has 1 fully saturated rings. The molecule has 1 aliphatic rings. The van der Waals surface area contributed by atoms with Gasteiger partial charge in [0.05, 0.1) is 10.8 Å². The molecule has 0 N–H and O–H groups in total. The first-order chi connectivity index (χ1) is 13.6. The van der Waals surface area contributed by atoms with Gasteiger partial charge in [0, 0.05) is 13.1 Å². The van der Waals surface area contributed by atoms with Gasteiger partial charge in [-0.1, -0.05) is 12.1 Å². The molecule has 2 aromatic rings. The van der Waals surface area contributed by atoms with Crippen molar-refractivity contribution >= 4 is 16.0 Å². The number of aryl methyl sites for hydroxylation is 2. The summed E-state index contributed by atoms with van der Waals surface area (Å²) < 4.78 is 58.7. The lowest BCUT2D eigenvalue weighted by atomic mass is 9.98. The second kappa shape index (κ2) is 8.20. The van der Waals surface area contributed by atoms with E-state index in [1.54, 1.807) is 0 Å². The van der Waals surface area contributed by atoms with Crippen molar-refractivity contribution in [3.8, 4) is 5.75 Å². The summed E-state index contributed by atoms with van der Waals surface area (Å²) in [4.78, 5) is 12.3. The summed E-state index contributed by atoms with van der Waals surface area (Å²) in [6.45, 7) is 5.90. The van der Waals surface area contributed by atoms with Crippen molar-refractivity contribution < 1.29 is 26.7 Å². The molecule has 0 bridgehead atoms. The number of nitrogens with zero attached hydrogens (tertiary/aromatic N) is 1. The topological polar surface area (TPSA) is 63.7 Å². The average Bonchev–Trinajstić information content (AvgIpc) is 2.70. The number of hydrogen-bond donors (Lipinski definition) is 0. The minimum absolute atomic E-state index is 0.104. The first kappa shape index (κ1) is 21.4. The molecule has 5 nitrogen and oxygen atoms in total. The van der Waals surface area contributed by atoms with Crippen molar-refractivity contribution in [3.05, 3.63) is 58.7 Å². The molecular weight excluding hydrogens is 400 g/mol. The number of esters is 1. The van der Waals surface area contributed by atoms with E-state index in [-0.39, 0.29) is 24.0 Å². The minimum Gasteiger partial charge on any atom is -0.426 e. The summed E-state index contributed by atoms with van der Waals surface area (Å²) in [5.74, 6) is -2.58. The van der Waals surface area contributed by atoms with Crippen LogP contribution >= 0.6 is 0 Å². The highest BCUT2D eigenvalue weighted by molar-refractivity contribution is 7.89. The fourth-order valence-electron chi connectivity index (χ4n) is 3.38. The van der Waals surface area contributed by atoms with Crippen LogP contribution in [0.25, 0.3) is 0 Å². The van der Waals surface area contributed by atoms with Crippen LogP contribution in [0.3, 0.4) is 0 Å². The first-order valence-corrected chi connectivity index (χ1v) is 10.8. The quantitative estimate of drug-likeness (QED) is 0.553. The molecule has 0 aliphatic carbocycles. The molecule has 0 saturated carbocycles. The average molecular weight is 423 g/mol. The smallest absolute Gasteiger partial charge is 0.314 e. The van der Waals surface area contributed by atoms with Crippen molar-refractivity contribution in [3.63, 3.8) is 0 Å². The van der Waals surface area contributed by atoms with Gasteiger partial charge in [-0.25, -0.2) is 17.2 Å². The van der Waals surface area contributed by atoms with Crippen molar-refractivity contribution in [2.45, 2.75) is 38.5 Å². The van der Waals surface area contributed by atoms with Crippen LogP contribution in [-0.2, 0) is 14.8 Å². The van der Waals surface area contributed by atoms with Gasteiger partial charge in [-0.15, -0.1) is 0 Å². The monoisotopic (exact) mass is 423 g/mol. The Balaban J connectivity index is 1.68. The van der Waals surface area contributed by atoms with E-state index in [2.05, 4.69) is 0 Å². The van der Waals surface area contributed by atoms with Crippen LogP contribution in [0.5, 0.6) is 5.75 Å². The van der Waals surface area contributed by atoms with E-state index in [0.717, 1.165) is 28.8 Å². The zero-order valence-corrected chi connectivity index (χ0v) is 17.4. The van der Waals surface area contributed by atoms with E-state index in [1.807, 2.05) is 32.9 Å². The Bertz CT molecular complexity index is 1040. The summed E-state index contributed by atoms with van der Waals surface area (Å²) in [5, 5.41) is 0. The van der Waals surface area contributed by atoms with E-state index in [4.69, 9.17) is 4.74 Å². The molecule has 8 heteroatoms. The number of rotatable bonds is 4. The number of ether oxygens (including phenoxy) is 1. The van der Waals surface area contributed by atoms with Gasteiger partial charge in [0.1, 0.15) is 5.75 Å². The van der Waals surface area contributed by atoms with Crippen LogP contribution in [0.4, 0.5) is 8.78 Å². The second-order valence-electron chi connectivity index (χ2n) is 7.33. The van der Waals surface area contributed by atoms with Crippen LogP contribution in [0.2, 0.25) is 0 Å². The summed E-state index contributed by atoms with van der Waals surface area (Å²) in [7, 11) is -3.95. The molecule has 0 radical (unpaired) electrons. The Kier molecular flexibility index (Phi) is 6.05. The molecule has 2 aromatic carbocycles. The lowest BCUT2D eigenvalue weighted by Crippen LogP contribution is -2.41. The Morgan fingerprint density at radius 2 is 1.62 bits per heavy atom. The van der Waals surface area contributed by atoms with Crippen molar-refractivity contribution in [2.24, 2.45) is 5.92 Å². The van der Waals surface area contributed by atoms with Crippen molar-refractivity contribution in [1.82, 2.24) is 4.31 Å². The highest BCUT2D eigenvalue weighted by atomic mass is 32.2. The normalized spacial score (nSPS) is 16.0. The van der Waals surface area contributed by atoms with Crippen LogP contribution in [0.1, 0.15) is 29.5 Å². The number of carbonyl (C=O) groups is 1. The molecule has 156 valence electrons. The SMILES string of the molecule is Cc1ccc(C)c(OC(=O)C2CCN(S(=O)(=O)c3ccc(F)c(F)c3)CC2)c1C. The van der Waals surface area contributed by atoms with E-state index in [1.165, 1.54) is 4.31 Å². The minimum atomic E-state index is -3.95. The zero-order valence-electron chi connectivity index (χ0n) is 16.5. The van der Waals surface area contributed by atoms with Crippen molar-refractivity contribution in [1.29, 1.82) is 0 Å². The molecule has 0 spiro atoms. The van der Waals surface area contributed by atoms with E-state index in [9.17, 15) is 22.0 Å². The largest absolute Gasteiger partial charge is 0.426 e. The second-order valence-corrected chi connectivity index (χ2v) is 9.27. The van der Waals surface area contributed by atoms with Gasteiger partial charge in [-0.05, 0) is 68.5 Å². The Morgan fingerprint density at radius 1 is 1.00 bits per heavy atom. The predicted molar refractivity (Wildman–Crippen MR) is 104 cm³/mol. The van der Waals surface area contributed by atoms with E-state index in [0.29, 0.717) is 24.7 Å². The van der Waals surface area contributed by atoms with Crippen LogP contribution < -0.4 is 4.74 Å². The van der Waals surface area contributed by atoms with E-state index < -0.39 is 27.6 Å². The van der Waals surface area contributed by atoms with Gasteiger partial charge in [-0.2, -0.15) is 4.31 Å². The van der Waals surface area contributed by atoms with Gasteiger partial charge >= 0.3 is 5.97 Å². The molecule has 0 aromatic heterocycles. The first-order valence-electron chi connectivity index (χ1n) is 9.35. The lowest BCUT2D eigenvalue weighted by molar-refractivity contribution is -0.140. The van der Waals surface area contributed by atoms with Gasteiger partial charge < -0.3 is 4.74 Å². The third-order valence-electron chi connectivity index (χ3n) is 5.39. The van der Waals surface area contributed by atoms with Gasteiger partial charge in [0.15, 0.2) is 11.6 Å². The predicted octanol–water partition coefficient (Wildman–Crippen LogP) is 3.90. The number of benzene rings is 2. The summed E-state index contributed by atoms with van der Waals surface area (Å²) in [5.41, 5.74) is 2.78. The van der Waals surface area contributed by atoms with Crippen LogP contribution in [-0.4, -0.2) is 31.8 Å². The third kappa shape index (κ3) is 4.33. The maximum Gasteiger partial charge on any atom is 0.314 e. The summed E-state index contributed by atoms with van der Waals surface area (Å²) in [6, 6.07) is 6.36. The van der Waals surface area contributed by atoms with Crippen molar-refractivity contribution in [2.75, 3.05) is 13.1 Å². The van der Waals surface area contributed by atoms with Gasteiger partial charge in [-0.3, -0.25) is 4.79 Å². The molecule has 1 aliphatic heterocycles. The highest BCUT2D eigenvalue weighted by Crippen LogP contribution is 2.29.